The Morgan fingerprint density at radius 2 is 1.96 bits per heavy atom. The highest BCUT2D eigenvalue weighted by Gasteiger charge is 2.06. The van der Waals surface area contributed by atoms with Crippen molar-refractivity contribution in [2.24, 2.45) is 0 Å². The molecule has 0 unspecified atom stereocenters. The molecule has 0 spiro atoms. The molecule has 0 aliphatic heterocycles. The van der Waals surface area contributed by atoms with Crippen molar-refractivity contribution in [2.45, 2.75) is 20.3 Å². The van der Waals surface area contributed by atoms with Crippen molar-refractivity contribution in [3.05, 3.63) is 48.4 Å². The Labute approximate surface area is 136 Å². The van der Waals surface area contributed by atoms with E-state index in [1.807, 2.05) is 6.07 Å². The van der Waals surface area contributed by atoms with Gasteiger partial charge in [-0.15, -0.1) is 0 Å². The molecule has 0 atom stereocenters. The number of nitrogens with zero attached hydrogens (tertiary/aromatic N) is 3. The molecule has 0 bridgehead atoms. The Balaban J connectivity index is 1.63. The molecule has 0 aliphatic rings. The Morgan fingerprint density at radius 3 is 2.78 bits per heavy atom. The summed E-state index contributed by atoms with van der Waals surface area (Å²) in [5, 5.41) is 4.69. The first-order chi connectivity index (χ1) is 11.3. The molecule has 23 heavy (non-hydrogen) atoms. The van der Waals surface area contributed by atoms with Crippen LogP contribution >= 0.6 is 0 Å². The van der Waals surface area contributed by atoms with Gasteiger partial charge in [0.1, 0.15) is 18.0 Å². The smallest absolute Gasteiger partial charge is 0.134 e. The number of fused-ring (bicyclic) bond motifs is 1. The van der Waals surface area contributed by atoms with Gasteiger partial charge < -0.3 is 15.2 Å². The van der Waals surface area contributed by atoms with E-state index >= 15 is 0 Å². The summed E-state index contributed by atoms with van der Waals surface area (Å²) in [5.41, 5.74) is 2.51. The van der Waals surface area contributed by atoms with Crippen LogP contribution in [0.25, 0.3) is 10.9 Å². The number of anilines is 2. The molecule has 0 radical (unpaired) electrons. The van der Waals surface area contributed by atoms with Crippen LogP contribution < -0.4 is 10.2 Å². The van der Waals surface area contributed by atoms with E-state index in [9.17, 15) is 0 Å². The fourth-order valence-corrected chi connectivity index (χ4v) is 2.83. The van der Waals surface area contributed by atoms with Crippen LogP contribution in [0.4, 0.5) is 11.6 Å². The molecule has 2 heterocycles. The standard InChI is InChI=1S/C18H23N5/c1-3-23(4-2)18-11-17(21-13-22-18)19-10-9-14-12-20-16-8-6-5-7-15(14)16/h5-8,11-13,20H,3-4,9-10H2,1-2H3,(H,19,21,22). The maximum absolute atomic E-state index is 4.35. The van der Waals surface area contributed by atoms with Crippen molar-refractivity contribution in [2.75, 3.05) is 29.9 Å². The van der Waals surface area contributed by atoms with Crippen LogP contribution in [0.2, 0.25) is 0 Å². The monoisotopic (exact) mass is 309 g/mol. The third-order valence-corrected chi connectivity index (χ3v) is 4.12. The van der Waals surface area contributed by atoms with E-state index in [1.54, 1.807) is 6.33 Å². The fourth-order valence-electron chi connectivity index (χ4n) is 2.83. The number of aromatic amines is 1. The molecule has 1 aromatic carbocycles. The maximum atomic E-state index is 4.35. The van der Waals surface area contributed by atoms with Gasteiger partial charge in [0, 0.05) is 42.8 Å². The van der Waals surface area contributed by atoms with Gasteiger partial charge in [0.05, 0.1) is 0 Å². The zero-order chi connectivity index (χ0) is 16.1. The lowest BCUT2D eigenvalue weighted by Crippen LogP contribution is -2.23. The molecule has 3 rings (SSSR count). The molecule has 0 amide bonds. The molecule has 120 valence electrons. The quantitative estimate of drug-likeness (QED) is 0.702. The molecule has 5 heteroatoms. The summed E-state index contributed by atoms with van der Waals surface area (Å²) in [6.45, 7) is 7.01. The molecule has 0 aliphatic carbocycles. The summed E-state index contributed by atoms with van der Waals surface area (Å²) in [6, 6.07) is 10.4. The lowest BCUT2D eigenvalue weighted by molar-refractivity contribution is 0.841. The van der Waals surface area contributed by atoms with Crippen LogP contribution in [0.1, 0.15) is 19.4 Å². The number of hydrogen-bond donors (Lipinski definition) is 2. The second-order valence-corrected chi connectivity index (χ2v) is 5.47. The fraction of sp³-hybridized carbons (Fsp3) is 0.333. The van der Waals surface area contributed by atoms with Gasteiger partial charge in [0.25, 0.3) is 0 Å². The van der Waals surface area contributed by atoms with Crippen LogP contribution in [0.3, 0.4) is 0 Å². The summed E-state index contributed by atoms with van der Waals surface area (Å²) >= 11 is 0. The second-order valence-electron chi connectivity index (χ2n) is 5.47. The predicted octanol–water partition coefficient (Wildman–Crippen LogP) is 3.46. The van der Waals surface area contributed by atoms with Crippen molar-refractivity contribution in [1.82, 2.24) is 15.0 Å². The third kappa shape index (κ3) is 3.44. The van der Waals surface area contributed by atoms with Gasteiger partial charge in [-0.2, -0.15) is 0 Å². The molecule has 0 fully saturated rings. The van der Waals surface area contributed by atoms with E-state index < -0.39 is 0 Å². The Hall–Kier alpha value is -2.56. The average Bonchev–Trinajstić information content (AvgIpc) is 3.00. The predicted molar refractivity (Wildman–Crippen MR) is 96.1 cm³/mol. The van der Waals surface area contributed by atoms with Crippen molar-refractivity contribution < 1.29 is 0 Å². The SMILES string of the molecule is CCN(CC)c1cc(NCCc2c[nH]c3ccccc23)ncn1. The number of nitrogens with one attached hydrogen (secondary N) is 2. The van der Waals surface area contributed by atoms with Crippen LogP contribution in [0, 0.1) is 0 Å². The summed E-state index contributed by atoms with van der Waals surface area (Å²) < 4.78 is 0. The molecule has 2 aromatic heterocycles. The van der Waals surface area contributed by atoms with Crippen LogP contribution in [-0.4, -0.2) is 34.6 Å². The van der Waals surface area contributed by atoms with Gasteiger partial charge in [-0.3, -0.25) is 0 Å². The van der Waals surface area contributed by atoms with Crippen molar-refractivity contribution in [3.63, 3.8) is 0 Å². The van der Waals surface area contributed by atoms with E-state index in [-0.39, 0.29) is 0 Å². The summed E-state index contributed by atoms with van der Waals surface area (Å²) in [7, 11) is 0. The minimum Gasteiger partial charge on any atom is -0.370 e. The first kappa shape index (κ1) is 15.3. The van der Waals surface area contributed by atoms with Crippen molar-refractivity contribution >= 4 is 22.5 Å². The minimum atomic E-state index is 0.844. The van der Waals surface area contributed by atoms with Crippen LogP contribution in [-0.2, 0) is 6.42 Å². The zero-order valence-corrected chi connectivity index (χ0v) is 13.7. The van der Waals surface area contributed by atoms with Gasteiger partial charge in [0.15, 0.2) is 0 Å². The summed E-state index contributed by atoms with van der Waals surface area (Å²) in [5.74, 6) is 1.85. The van der Waals surface area contributed by atoms with E-state index in [0.717, 1.165) is 37.7 Å². The van der Waals surface area contributed by atoms with Crippen molar-refractivity contribution in [3.8, 4) is 0 Å². The van der Waals surface area contributed by atoms with E-state index in [2.05, 4.69) is 69.5 Å². The Bertz CT molecular complexity index is 761. The van der Waals surface area contributed by atoms with Gasteiger partial charge in [-0.25, -0.2) is 9.97 Å². The third-order valence-electron chi connectivity index (χ3n) is 4.12. The minimum absolute atomic E-state index is 0.844. The first-order valence-electron chi connectivity index (χ1n) is 8.17. The van der Waals surface area contributed by atoms with Gasteiger partial charge in [-0.1, -0.05) is 18.2 Å². The highest BCUT2D eigenvalue weighted by atomic mass is 15.2. The topological polar surface area (TPSA) is 56.8 Å². The average molecular weight is 309 g/mol. The number of H-pyrrole nitrogens is 1. The van der Waals surface area contributed by atoms with E-state index in [0.29, 0.717) is 0 Å². The molecule has 5 nitrogen and oxygen atoms in total. The van der Waals surface area contributed by atoms with Gasteiger partial charge in [-0.05, 0) is 31.9 Å². The summed E-state index contributed by atoms with van der Waals surface area (Å²) in [6.07, 6.45) is 4.67. The molecule has 2 N–H and O–H groups in total. The zero-order valence-electron chi connectivity index (χ0n) is 13.7. The van der Waals surface area contributed by atoms with Crippen LogP contribution in [0.5, 0.6) is 0 Å². The lowest BCUT2D eigenvalue weighted by atomic mass is 10.1. The lowest BCUT2D eigenvalue weighted by Gasteiger charge is -2.19. The van der Waals surface area contributed by atoms with E-state index in [4.69, 9.17) is 0 Å². The van der Waals surface area contributed by atoms with Gasteiger partial charge >= 0.3 is 0 Å². The van der Waals surface area contributed by atoms with Gasteiger partial charge in [0.2, 0.25) is 0 Å². The highest BCUT2D eigenvalue weighted by molar-refractivity contribution is 5.83. The summed E-state index contributed by atoms with van der Waals surface area (Å²) in [4.78, 5) is 14.2. The maximum Gasteiger partial charge on any atom is 0.134 e. The normalized spacial score (nSPS) is 10.9. The molecular weight excluding hydrogens is 286 g/mol. The number of benzene rings is 1. The molecule has 0 saturated heterocycles. The van der Waals surface area contributed by atoms with Crippen LogP contribution in [0.15, 0.2) is 42.9 Å². The Morgan fingerprint density at radius 1 is 1.13 bits per heavy atom. The molecule has 0 saturated carbocycles. The molecule has 3 aromatic rings. The Kier molecular flexibility index (Phi) is 4.76. The number of para-hydroxylation sites is 1. The number of rotatable bonds is 7. The van der Waals surface area contributed by atoms with Crippen molar-refractivity contribution in [1.29, 1.82) is 0 Å². The second kappa shape index (κ2) is 7.13. The number of aromatic nitrogens is 3. The van der Waals surface area contributed by atoms with E-state index in [1.165, 1.54) is 16.5 Å². The highest BCUT2D eigenvalue weighted by Crippen LogP contribution is 2.18. The number of hydrogen-bond acceptors (Lipinski definition) is 4. The molecular formula is C18H23N5. The largest absolute Gasteiger partial charge is 0.370 e. The first-order valence-corrected chi connectivity index (χ1v) is 8.17.